The number of methoxy groups -OCH3 is 1. The molecule has 8 nitrogen and oxygen atoms in total. The zero-order valence-corrected chi connectivity index (χ0v) is 19.2. The van der Waals surface area contributed by atoms with Gasteiger partial charge in [0, 0.05) is 26.0 Å². The number of piperazine rings is 1. The van der Waals surface area contributed by atoms with Crippen molar-refractivity contribution in [1.29, 1.82) is 0 Å². The van der Waals surface area contributed by atoms with Crippen LogP contribution in [0, 0.1) is 0 Å². The van der Waals surface area contributed by atoms with Crippen molar-refractivity contribution in [2.75, 3.05) is 37.9 Å². The number of hydrogen-bond acceptors (Lipinski definition) is 7. The Balaban J connectivity index is 2.27. The molecule has 3 rings (SSSR count). The van der Waals surface area contributed by atoms with Gasteiger partial charge in [-0.1, -0.05) is 6.07 Å². The fourth-order valence-corrected chi connectivity index (χ4v) is 2.87. The average Bonchev–Trinajstić information content (AvgIpc) is 2.96. The maximum absolute atomic E-state index is 13.2. The molecule has 1 aromatic carbocycles. The summed E-state index contributed by atoms with van der Waals surface area (Å²) in [4.78, 5) is 25.9. The smallest absolute Gasteiger partial charge is 0.465 e. The molecule has 0 radical (unpaired) electrons. The summed E-state index contributed by atoms with van der Waals surface area (Å²) in [6.07, 6.45) is -1.67. The molecule has 1 amide bonds. The van der Waals surface area contributed by atoms with Gasteiger partial charge in [0.2, 0.25) is 0 Å². The number of anilines is 1. The van der Waals surface area contributed by atoms with Crippen LogP contribution in [0.3, 0.4) is 0 Å². The normalized spacial score (nSPS) is 32.1. The van der Waals surface area contributed by atoms with Crippen LogP contribution in [0.1, 0.15) is 73.9 Å². The fraction of sp³-hybridized carbons (Fsp3) is 0.652. The van der Waals surface area contributed by atoms with Crippen LogP contribution in [0.5, 0.6) is 0 Å². The lowest BCUT2D eigenvalue weighted by Gasteiger charge is -2.37. The van der Waals surface area contributed by atoms with E-state index in [0.717, 1.165) is 12.1 Å². The Kier molecular flexibility index (Phi) is 3.61. The number of benzene rings is 1. The standard InChI is InChI=1S/C23H35BN2O6/c1-21(2,3)30-20(28)26-13-11-25(12-14-26)18-10-9-16(15-17(18)19(27)29-8)24-31-22(4,5)23(6,7)32-24/h9-10,15H,11-14H2,1-8H3/i8D3,11D2,12D2,13D2,14D2. The summed E-state index contributed by atoms with van der Waals surface area (Å²) in [5.74, 6) is -1.57. The van der Waals surface area contributed by atoms with Gasteiger partial charge in [-0.15, -0.1) is 0 Å². The van der Waals surface area contributed by atoms with Crippen LogP contribution >= 0.6 is 0 Å². The van der Waals surface area contributed by atoms with Crippen molar-refractivity contribution >= 4 is 30.3 Å². The lowest BCUT2D eigenvalue weighted by molar-refractivity contribution is 0.00578. The Labute approximate surface area is 206 Å². The Bertz CT molecular complexity index is 1250. The van der Waals surface area contributed by atoms with Gasteiger partial charge < -0.3 is 28.6 Å². The average molecular weight is 457 g/mol. The van der Waals surface area contributed by atoms with Crippen LogP contribution in [0.2, 0.25) is 0 Å². The van der Waals surface area contributed by atoms with Gasteiger partial charge in [0.1, 0.15) is 5.60 Å². The summed E-state index contributed by atoms with van der Waals surface area (Å²) in [6.45, 7) is -3.23. The first kappa shape index (κ1) is 13.5. The molecule has 1 aromatic rings. The molecule has 2 aliphatic heterocycles. The first-order valence-electron chi connectivity index (χ1n) is 15.5. The summed E-state index contributed by atoms with van der Waals surface area (Å²) >= 11 is 0. The Morgan fingerprint density at radius 1 is 1.09 bits per heavy atom. The highest BCUT2D eigenvalue weighted by molar-refractivity contribution is 6.62. The molecule has 0 spiro atoms. The van der Waals surface area contributed by atoms with E-state index in [4.69, 9.17) is 29.1 Å². The number of rotatable bonds is 3. The lowest BCUT2D eigenvalue weighted by Crippen LogP contribution is -2.50. The van der Waals surface area contributed by atoms with Crippen molar-refractivity contribution in [3.8, 4) is 0 Å². The maximum Gasteiger partial charge on any atom is 0.494 e. The first-order chi connectivity index (χ1) is 18.9. The highest BCUT2D eigenvalue weighted by atomic mass is 16.7. The number of carbonyl (C=O) groups is 2. The summed E-state index contributed by atoms with van der Waals surface area (Å²) < 4.78 is 113. The van der Waals surface area contributed by atoms with Crippen molar-refractivity contribution in [2.24, 2.45) is 0 Å². The topological polar surface area (TPSA) is 77.5 Å². The Morgan fingerprint density at radius 2 is 1.69 bits per heavy atom. The molecule has 32 heavy (non-hydrogen) atoms. The minimum Gasteiger partial charge on any atom is -0.465 e. The van der Waals surface area contributed by atoms with E-state index >= 15 is 0 Å². The minimum atomic E-state index is -3.62. The van der Waals surface area contributed by atoms with E-state index in [1.165, 1.54) is 26.8 Å². The molecule has 0 saturated carbocycles. The highest BCUT2D eigenvalue weighted by Gasteiger charge is 2.51. The Morgan fingerprint density at radius 3 is 2.22 bits per heavy atom. The summed E-state index contributed by atoms with van der Waals surface area (Å²) in [5, 5.41) is 0. The van der Waals surface area contributed by atoms with Crippen LogP contribution in [0.4, 0.5) is 10.5 Å². The molecule has 0 aromatic heterocycles. The fourth-order valence-electron chi connectivity index (χ4n) is 2.87. The molecule has 9 heteroatoms. The van der Waals surface area contributed by atoms with E-state index in [9.17, 15) is 9.59 Å². The molecule has 176 valence electrons. The highest BCUT2D eigenvalue weighted by Crippen LogP contribution is 2.36. The first-order valence-corrected chi connectivity index (χ1v) is 9.97. The number of hydrogen-bond donors (Lipinski definition) is 0. The third-order valence-corrected chi connectivity index (χ3v) is 5.22. The second-order valence-corrected chi connectivity index (χ2v) is 9.35. The van der Waals surface area contributed by atoms with Crippen molar-refractivity contribution in [3.05, 3.63) is 23.8 Å². The van der Waals surface area contributed by atoms with Crippen molar-refractivity contribution in [2.45, 2.75) is 65.3 Å². The van der Waals surface area contributed by atoms with Crippen LogP contribution in [0.15, 0.2) is 18.2 Å². The lowest BCUT2D eigenvalue weighted by atomic mass is 9.78. The summed E-state index contributed by atoms with van der Waals surface area (Å²) in [7, 11) is -4.40. The molecule has 0 atom stereocenters. The second-order valence-electron chi connectivity index (χ2n) is 9.35. The third kappa shape index (κ3) is 5.04. The molecule has 0 aliphatic carbocycles. The van der Waals surface area contributed by atoms with Gasteiger partial charge in [0.25, 0.3) is 0 Å². The summed E-state index contributed by atoms with van der Waals surface area (Å²) in [5.41, 5.74) is -4.35. The minimum absolute atomic E-state index is 0.0188. The Hall–Kier alpha value is -2.26. The SMILES string of the molecule is [2H]C([2H])([2H])OC(=O)c1cc(B2OC(C)(C)C(C)(C)O2)ccc1N1C([2H])([2H])C([2H])([2H])N(C(=O)OC(C)(C)C)C([2H])([2H])C1([2H])[2H]. The van der Waals surface area contributed by atoms with Crippen LogP contribution in [-0.2, 0) is 18.8 Å². The largest absolute Gasteiger partial charge is 0.494 e. The predicted molar refractivity (Wildman–Crippen MR) is 124 cm³/mol. The maximum atomic E-state index is 13.2. The summed E-state index contributed by atoms with van der Waals surface area (Å²) in [6, 6.07) is 3.24. The zero-order chi connectivity index (χ0) is 33.6. The molecule has 2 aliphatic rings. The van der Waals surface area contributed by atoms with Crippen molar-refractivity contribution in [3.63, 3.8) is 0 Å². The number of ether oxygens (including phenoxy) is 2. The molecule has 0 bridgehead atoms. The van der Waals surface area contributed by atoms with Gasteiger partial charge in [-0.05, 0) is 66.1 Å². The molecule has 0 N–H and O–H groups in total. The number of carbonyl (C=O) groups excluding carboxylic acids is 2. The number of nitrogens with zero attached hydrogens (tertiary/aromatic N) is 2. The monoisotopic (exact) mass is 457 g/mol. The molecule has 2 fully saturated rings. The van der Waals surface area contributed by atoms with Crippen molar-refractivity contribution < 1.29 is 43.4 Å². The predicted octanol–water partition coefficient (Wildman–Crippen LogP) is 2.83. The molecule has 2 saturated heterocycles. The van der Waals surface area contributed by atoms with Crippen molar-refractivity contribution in [1.82, 2.24) is 4.90 Å². The van der Waals surface area contributed by atoms with E-state index in [1.54, 1.807) is 27.7 Å². The van der Waals surface area contributed by atoms with E-state index in [0.29, 0.717) is 0 Å². The molecular formula is C23H35BN2O6. The van der Waals surface area contributed by atoms with E-state index in [-0.39, 0.29) is 15.3 Å². The van der Waals surface area contributed by atoms with Gasteiger partial charge in [-0.25, -0.2) is 9.59 Å². The quantitative estimate of drug-likeness (QED) is 0.510. The van der Waals surface area contributed by atoms with Crippen LogP contribution in [0.25, 0.3) is 0 Å². The third-order valence-electron chi connectivity index (χ3n) is 5.22. The van der Waals surface area contributed by atoms with Gasteiger partial charge in [-0.3, -0.25) is 0 Å². The van der Waals surface area contributed by atoms with E-state index < -0.39 is 80.3 Å². The van der Waals surface area contributed by atoms with E-state index in [1.807, 2.05) is 0 Å². The molecular weight excluding hydrogens is 411 g/mol. The zero-order valence-electron chi connectivity index (χ0n) is 30.2. The second kappa shape index (κ2) is 8.59. The molecule has 0 unspecified atom stereocenters. The van der Waals surface area contributed by atoms with Crippen LogP contribution < -0.4 is 10.4 Å². The van der Waals surface area contributed by atoms with E-state index in [2.05, 4.69) is 4.74 Å². The number of amides is 1. The van der Waals surface area contributed by atoms with Gasteiger partial charge in [0.05, 0.1) is 44.6 Å². The molecule has 2 heterocycles. The number of esters is 1. The van der Waals surface area contributed by atoms with Crippen LogP contribution in [-0.4, -0.2) is 73.9 Å². The van der Waals surface area contributed by atoms with Gasteiger partial charge in [0.15, 0.2) is 0 Å². The van der Waals surface area contributed by atoms with Gasteiger partial charge in [-0.2, -0.15) is 0 Å². The van der Waals surface area contributed by atoms with Gasteiger partial charge >= 0.3 is 19.2 Å².